The summed E-state index contributed by atoms with van der Waals surface area (Å²) in [6.45, 7) is 7.37. The van der Waals surface area contributed by atoms with Gasteiger partial charge in [0.1, 0.15) is 0 Å². The van der Waals surface area contributed by atoms with Crippen LogP contribution in [0.15, 0.2) is 30.5 Å². The van der Waals surface area contributed by atoms with Crippen molar-refractivity contribution in [2.24, 2.45) is 0 Å². The van der Waals surface area contributed by atoms with E-state index in [9.17, 15) is 0 Å². The van der Waals surface area contributed by atoms with Gasteiger partial charge in [-0.05, 0) is 31.4 Å². The average Bonchev–Trinajstić information content (AvgIpc) is 2.83. The molecule has 1 N–H and O–H groups in total. The Labute approximate surface area is 119 Å². The topological polar surface area (TPSA) is 24.9 Å². The van der Waals surface area contributed by atoms with Gasteiger partial charge in [0.2, 0.25) is 0 Å². The molecule has 2 nitrogen and oxygen atoms in total. The van der Waals surface area contributed by atoms with Gasteiger partial charge in [-0.25, -0.2) is 4.98 Å². The maximum Gasteiger partial charge on any atom is 0.0897 e. The minimum Gasteiger partial charge on any atom is -0.305 e. The van der Waals surface area contributed by atoms with Gasteiger partial charge in [-0.1, -0.05) is 37.6 Å². The third-order valence-corrected chi connectivity index (χ3v) is 4.18. The highest BCUT2D eigenvalue weighted by atomic mass is 32.1. The Balaban J connectivity index is 1.90. The SMILES string of the molecule is CCCc1ccc(C(C)NCc2cnc(C)s2)cc1. The van der Waals surface area contributed by atoms with Crippen LogP contribution in [-0.2, 0) is 13.0 Å². The van der Waals surface area contributed by atoms with Gasteiger partial charge >= 0.3 is 0 Å². The number of aryl methyl sites for hydroxylation is 2. The lowest BCUT2D eigenvalue weighted by Crippen LogP contribution is -2.17. The van der Waals surface area contributed by atoms with Gasteiger partial charge in [-0.3, -0.25) is 0 Å². The predicted molar refractivity (Wildman–Crippen MR) is 82.5 cm³/mol. The van der Waals surface area contributed by atoms with E-state index in [2.05, 4.69) is 48.4 Å². The van der Waals surface area contributed by atoms with Crippen molar-refractivity contribution in [3.8, 4) is 0 Å². The molecule has 0 radical (unpaired) electrons. The molecular formula is C16H22N2S. The fourth-order valence-electron chi connectivity index (χ4n) is 2.12. The normalized spacial score (nSPS) is 12.6. The molecule has 0 spiro atoms. The van der Waals surface area contributed by atoms with Crippen LogP contribution in [0.2, 0.25) is 0 Å². The molecule has 2 rings (SSSR count). The second-order valence-electron chi connectivity index (χ2n) is 4.94. The average molecular weight is 274 g/mol. The molecule has 1 heterocycles. The molecule has 0 aliphatic rings. The largest absolute Gasteiger partial charge is 0.305 e. The maximum absolute atomic E-state index is 4.28. The van der Waals surface area contributed by atoms with Crippen LogP contribution in [0.25, 0.3) is 0 Å². The molecule has 0 bridgehead atoms. The zero-order valence-corrected chi connectivity index (χ0v) is 12.8. The van der Waals surface area contributed by atoms with Gasteiger partial charge in [0.25, 0.3) is 0 Å². The Hall–Kier alpha value is -1.19. The summed E-state index contributed by atoms with van der Waals surface area (Å²) >= 11 is 1.76. The van der Waals surface area contributed by atoms with Crippen LogP contribution in [0.4, 0.5) is 0 Å². The number of nitrogens with one attached hydrogen (secondary N) is 1. The number of rotatable bonds is 6. The lowest BCUT2D eigenvalue weighted by molar-refractivity contribution is 0.578. The molecule has 1 atom stereocenters. The van der Waals surface area contributed by atoms with Crippen molar-refractivity contribution in [1.29, 1.82) is 0 Å². The highest BCUT2D eigenvalue weighted by Gasteiger charge is 2.06. The summed E-state index contributed by atoms with van der Waals surface area (Å²) in [5.74, 6) is 0. The second-order valence-corrected chi connectivity index (χ2v) is 6.26. The summed E-state index contributed by atoms with van der Waals surface area (Å²) in [4.78, 5) is 5.58. The molecule has 1 unspecified atom stereocenters. The van der Waals surface area contributed by atoms with E-state index in [1.54, 1.807) is 11.3 Å². The number of benzene rings is 1. The Morgan fingerprint density at radius 3 is 2.58 bits per heavy atom. The van der Waals surface area contributed by atoms with Crippen LogP contribution in [0.3, 0.4) is 0 Å². The zero-order valence-electron chi connectivity index (χ0n) is 11.9. The summed E-state index contributed by atoms with van der Waals surface area (Å²) in [7, 11) is 0. The van der Waals surface area contributed by atoms with E-state index >= 15 is 0 Å². The number of hydrogen-bond donors (Lipinski definition) is 1. The Morgan fingerprint density at radius 1 is 1.26 bits per heavy atom. The first-order valence-electron chi connectivity index (χ1n) is 6.92. The fraction of sp³-hybridized carbons (Fsp3) is 0.438. The molecule has 0 fully saturated rings. The van der Waals surface area contributed by atoms with Gasteiger partial charge in [-0.15, -0.1) is 11.3 Å². The van der Waals surface area contributed by atoms with Crippen molar-refractivity contribution in [1.82, 2.24) is 10.3 Å². The molecule has 2 aromatic rings. The Morgan fingerprint density at radius 2 is 2.00 bits per heavy atom. The molecule has 1 aromatic carbocycles. The molecule has 0 saturated heterocycles. The van der Waals surface area contributed by atoms with Crippen LogP contribution >= 0.6 is 11.3 Å². The quantitative estimate of drug-likeness (QED) is 0.851. The third kappa shape index (κ3) is 4.15. The summed E-state index contributed by atoms with van der Waals surface area (Å²) in [6.07, 6.45) is 4.34. The van der Waals surface area contributed by atoms with Crippen LogP contribution in [0.1, 0.15) is 47.3 Å². The van der Waals surface area contributed by atoms with Gasteiger partial charge in [0.15, 0.2) is 0 Å². The maximum atomic E-state index is 4.28. The molecule has 0 aliphatic carbocycles. The van der Waals surface area contributed by atoms with Crippen LogP contribution in [0.5, 0.6) is 0 Å². The molecule has 0 aliphatic heterocycles. The first kappa shape index (κ1) is 14.2. The van der Waals surface area contributed by atoms with Crippen molar-refractivity contribution < 1.29 is 0 Å². The standard InChI is InChI=1S/C16H22N2S/c1-4-5-14-6-8-15(9-7-14)12(2)17-10-16-11-18-13(3)19-16/h6-9,11-12,17H,4-5,10H2,1-3H3. The van der Waals surface area contributed by atoms with E-state index in [1.807, 2.05) is 13.1 Å². The number of hydrogen-bond acceptors (Lipinski definition) is 3. The van der Waals surface area contributed by atoms with E-state index in [0.717, 1.165) is 11.6 Å². The summed E-state index contributed by atoms with van der Waals surface area (Å²) in [5, 5.41) is 4.68. The smallest absolute Gasteiger partial charge is 0.0897 e. The van der Waals surface area contributed by atoms with Crippen molar-refractivity contribution in [3.05, 3.63) is 51.5 Å². The molecule has 3 heteroatoms. The summed E-state index contributed by atoms with van der Waals surface area (Å²) in [5.41, 5.74) is 2.78. The molecular weight excluding hydrogens is 252 g/mol. The lowest BCUT2D eigenvalue weighted by atomic mass is 10.0. The first-order valence-corrected chi connectivity index (χ1v) is 7.74. The van der Waals surface area contributed by atoms with E-state index in [0.29, 0.717) is 6.04 Å². The molecule has 1 aromatic heterocycles. The zero-order chi connectivity index (χ0) is 13.7. The number of nitrogens with zero attached hydrogens (tertiary/aromatic N) is 1. The predicted octanol–water partition coefficient (Wildman–Crippen LogP) is 4.25. The van der Waals surface area contributed by atoms with E-state index in [1.165, 1.54) is 28.8 Å². The number of aromatic nitrogens is 1. The Kier molecular flexibility index (Phi) is 5.11. The minimum atomic E-state index is 0.373. The highest BCUT2D eigenvalue weighted by Crippen LogP contribution is 2.17. The van der Waals surface area contributed by atoms with Gasteiger partial charge in [0, 0.05) is 23.7 Å². The Bertz CT molecular complexity index is 502. The molecule has 102 valence electrons. The summed E-state index contributed by atoms with van der Waals surface area (Å²) < 4.78 is 0. The number of thiazole rings is 1. The molecule has 0 saturated carbocycles. The van der Waals surface area contributed by atoms with Crippen molar-refractivity contribution in [3.63, 3.8) is 0 Å². The third-order valence-electron chi connectivity index (χ3n) is 3.27. The highest BCUT2D eigenvalue weighted by molar-refractivity contribution is 7.11. The van der Waals surface area contributed by atoms with Gasteiger partial charge in [-0.2, -0.15) is 0 Å². The first-order chi connectivity index (χ1) is 9.19. The molecule has 0 amide bonds. The summed E-state index contributed by atoms with van der Waals surface area (Å²) in [6, 6.07) is 9.33. The fourth-order valence-corrected chi connectivity index (χ4v) is 2.87. The minimum absolute atomic E-state index is 0.373. The van der Waals surface area contributed by atoms with Gasteiger partial charge in [0.05, 0.1) is 5.01 Å². The van der Waals surface area contributed by atoms with Crippen molar-refractivity contribution in [2.45, 2.75) is 46.2 Å². The van der Waals surface area contributed by atoms with E-state index in [-0.39, 0.29) is 0 Å². The van der Waals surface area contributed by atoms with Crippen LogP contribution in [-0.4, -0.2) is 4.98 Å². The van der Waals surface area contributed by atoms with E-state index in [4.69, 9.17) is 0 Å². The van der Waals surface area contributed by atoms with Crippen LogP contribution in [0, 0.1) is 6.92 Å². The molecule has 19 heavy (non-hydrogen) atoms. The van der Waals surface area contributed by atoms with Crippen LogP contribution < -0.4 is 5.32 Å². The lowest BCUT2D eigenvalue weighted by Gasteiger charge is -2.14. The monoisotopic (exact) mass is 274 g/mol. The van der Waals surface area contributed by atoms with Gasteiger partial charge < -0.3 is 5.32 Å². The van der Waals surface area contributed by atoms with E-state index < -0.39 is 0 Å². The second kappa shape index (κ2) is 6.83. The van der Waals surface area contributed by atoms with Crippen molar-refractivity contribution in [2.75, 3.05) is 0 Å². The van der Waals surface area contributed by atoms with Crippen molar-refractivity contribution >= 4 is 11.3 Å².